The van der Waals surface area contributed by atoms with Crippen LogP contribution >= 0.6 is 0 Å². The van der Waals surface area contributed by atoms with E-state index in [2.05, 4.69) is 17.1 Å². The zero-order chi connectivity index (χ0) is 12.9. The molecule has 1 fully saturated rings. The van der Waals surface area contributed by atoms with Crippen LogP contribution in [-0.2, 0) is 9.53 Å². The number of hydrogen-bond acceptors (Lipinski definition) is 4. The van der Waals surface area contributed by atoms with Gasteiger partial charge in [-0.25, -0.2) is 0 Å². The molecule has 0 saturated carbocycles. The lowest BCUT2D eigenvalue weighted by atomic mass is 9.91. The predicted octanol–water partition coefficient (Wildman–Crippen LogP) is 1.26. The van der Waals surface area contributed by atoms with Crippen molar-refractivity contribution < 1.29 is 9.53 Å². The Morgan fingerprint density at radius 1 is 1.53 bits per heavy atom. The third kappa shape index (κ3) is 3.96. The van der Waals surface area contributed by atoms with Crippen LogP contribution in [0.3, 0.4) is 0 Å². The van der Waals surface area contributed by atoms with E-state index in [9.17, 15) is 4.79 Å². The highest BCUT2D eigenvalue weighted by Gasteiger charge is 2.33. The Morgan fingerprint density at radius 3 is 2.71 bits per heavy atom. The first-order valence-electron chi connectivity index (χ1n) is 6.54. The summed E-state index contributed by atoms with van der Waals surface area (Å²) in [4.78, 5) is 14.1. The van der Waals surface area contributed by atoms with E-state index >= 15 is 0 Å². The topological polar surface area (TPSA) is 41.6 Å². The van der Waals surface area contributed by atoms with Gasteiger partial charge in [0.2, 0.25) is 0 Å². The third-order valence-corrected chi connectivity index (χ3v) is 3.53. The molecule has 0 radical (unpaired) electrons. The maximum atomic E-state index is 11.7. The molecule has 1 N–H and O–H groups in total. The van der Waals surface area contributed by atoms with Crippen LogP contribution in [0.15, 0.2) is 0 Å². The van der Waals surface area contributed by atoms with Gasteiger partial charge in [-0.3, -0.25) is 9.69 Å². The summed E-state index contributed by atoms with van der Waals surface area (Å²) in [5.41, 5.74) is -0.428. The molecule has 0 aliphatic carbocycles. The fraction of sp³-hybridized carbons (Fsp3) is 0.923. The average Bonchev–Trinajstić information content (AvgIpc) is 2.36. The van der Waals surface area contributed by atoms with Crippen LogP contribution in [0, 0.1) is 5.41 Å². The number of carbonyl (C=O) groups is 1. The lowest BCUT2D eigenvalue weighted by Crippen LogP contribution is -2.50. The van der Waals surface area contributed by atoms with Gasteiger partial charge in [-0.15, -0.1) is 0 Å². The second-order valence-corrected chi connectivity index (χ2v) is 5.44. The molecule has 0 amide bonds. The minimum Gasteiger partial charge on any atom is -0.469 e. The van der Waals surface area contributed by atoms with Gasteiger partial charge in [0.15, 0.2) is 0 Å². The van der Waals surface area contributed by atoms with Crippen LogP contribution in [0.5, 0.6) is 0 Å². The lowest BCUT2D eigenvalue weighted by Gasteiger charge is -2.37. The zero-order valence-corrected chi connectivity index (χ0v) is 11.6. The molecule has 1 heterocycles. The maximum absolute atomic E-state index is 11.7. The fourth-order valence-corrected chi connectivity index (χ4v) is 2.49. The molecule has 1 unspecified atom stereocenters. The van der Waals surface area contributed by atoms with Crippen LogP contribution < -0.4 is 5.32 Å². The van der Waals surface area contributed by atoms with Gasteiger partial charge in [0, 0.05) is 19.1 Å². The van der Waals surface area contributed by atoms with Crippen molar-refractivity contribution in [2.75, 3.05) is 33.3 Å². The number of methoxy groups -OCH3 is 1. The quantitative estimate of drug-likeness (QED) is 0.737. The van der Waals surface area contributed by atoms with Crippen molar-refractivity contribution in [3.8, 4) is 0 Å². The van der Waals surface area contributed by atoms with Crippen LogP contribution in [-0.4, -0.2) is 50.2 Å². The van der Waals surface area contributed by atoms with E-state index in [1.165, 1.54) is 20.0 Å². The molecule has 1 rings (SSSR count). The summed E-state index contributed by atoms with van der Waals surface area (Å²) in [6, 6.07) is 0.553. The largest absolute Gasteiger partial charge is 0.469 e. The molecule has 0 bridgehead atoms. The molecule has 0 aromatic carbocycles. The number of piperidine rings is 1. The third-order valence-electron chi connectivity index (χ3n) is 3.53. The van der Waals surface area contributed by atoms with E-state index in [1.807, 2.05) is 13.8 Å². The van der Waals surface area contributed by atoms with Crippen molar-refractivity contribution in [1.29, 1.82) is 0 Å². The number of ether oxygens (including phenoxy) is 1. The Morgan fingerprint density at radius 2 is 2.24 bits per heavy atom. The van der Waals surface area contributed by atoms with Gasteiger partial charge < -0.3 is 10.1 Å². The van der Waals surface area contributed by atoms with Crippen molar-refractivity contribution in [2.24, 2.45) is 5.41 Å². The molecule has 1 aliphatic rings. The van der Waals surface area contributed by atoms with E-state index in [-0.39, 0.29) is 5.97 Å². The molecular weight excluding hydrogens is 216 g/mol. The van der Waals surface area contributed by atoms with E-state index in [0.29, 0.717) is 6.04 Å². The maximum Gasteiger partial charge on any atom is 0.312 e. The summed E-state index contributed by atoms with van der Waals surface area (Å²) in [5.74, 6) is -0.125. The van der Waals surface area contributed by atoms with Gasteiger partial charge in [0.05, 0.1) is 12.5 Å². The van der Waals surface area contributed by atoms with E-state index in [4.69, 9.17) is 4.74 Å². The first kappa shape index (κ1) is 14.5. The van der Waals surface area contributed by atoms with E-state index in [1.54, 1.807) is 0 Å². The molecule has 0 spiro atoms. The Hall–Kier alpha value is -0.610. The number of carbonyl (C=O) groups excluding carboxylic acids is 1. The zero-order valence-electron chi connectivity index (χ0n) is 11.6. The van der Waals surface area contributed by atoms with Gasteiger partial charge in [0.1, 0.15) is 0 Å². The lowest BCUT2D eigenvalue weighted by molar-refractivity contribution is -0.152. The van der Waals surface area contributed by atoms with Gasteiger partial charge in [-0.05, 0) is 39.8 Å². The predicted molar refractivity (Wildman–Crippen MR) is 68.9 cm³/mol. The standard InChI is InChI=1S/C13H26N2O2/c1-5-15(11-7-6-8-14-9-11)10-13(2,3)12(16)17-4/h11,14H,5-10H2,1-4H3. The Kier molecular flexibility index (Phi) is 5.40. The first-order chi connectivity index (χ1) is 8.01. The minimum atomic E-state index is -0.428. The molecular formula is C13H26N2O2. The molecule has 4 heteroatoms. The number of hydrogen-bond donors (Lipinski definition) is 1. The normalized spacial score (nSPS) is 21.6. The van der Waals surface area contributed by atoms with Crippen molar-refractivity contribution in [1.82, 2.24) is 10.2 Å². The first-order valence-corrected chi connectivity index (χ1v) is 6.54. The molecule has 1 atom stereocenters. The summed E-state index contributed by atoms with van der Waals surface area (Å²) in [6.45, 7) is 9.96. The number of esters is 1. The van der Waals surface area contributed by atoms with Crippen molar-refractivity contribution >= 4 is 5.97 Å². The highest BCUT2D eigenvalue weighted by Crippen LogP contribution is 2.22. The van der Waals surface area contributed by atoms with Crippen molar-refractivity contribution in [3.05, 3.63) is 0 Å². The average molecular weight is 242 g/mol. The van der Waals surface area contributed by atoms with Crippen LogP contribution in [0.2, 0.25) is 0 Å². The molecule has 4 nitrogen and oxygen atoms in total. The Labute approximate surface area is 105 Å². The molecule has 0 aromatic rings. The van der Waals surface area contributed by atoms with Crippen molar-refractivity contribution in [3.63, 3.8) is 0 Å². The highest BCUT2D eigenvalue weighted by molar-refractivity contribution is 5.76. The summed E-state index contributed by atoms with van der Waals surface area (Å²) < 4.78 is 4.87. The van der Waals surface area contributed by atoms with Crippen LogP contribution in [0.4, 0.5) is 0 Å². The van der Waals surface area contributed by atoms with Crippen LogP contribution in [0.1, 0.15) is 33.6 Å². The van der Waals surface area contributed by atoms with Crippen molar-refractivity contribution in [2.45, 2.75) is 39.7 Å². The number of nitrogens with one attached hydrogen (secondary N) is 1. The Balaban J connectivity index is 2.58. The minimum absolute atomic E-state index is 0.125. The summed E-state index contributed by atoms with van der Waals surface area (Å²) in [6.07, 6.45) is 2.44. The van der Waals surface area contributed by atoms with Gasteiger partial charge >= 0.3 is 5.97 Å². The molecule has 1 aliphatic heterocycles. The van der Waals surface area contributed by atoms with Crippen LogP contribution in [0.25, 0.3) is 0 Å². The fourth-order valence-electron chi connectivity index (χ4n) is 2.49. The second kappa shape index (κ2) is 6.36. The SMILES string of the molecule is CCN(CC(C)(C)C(=O)OC)C1CCCNC1. The molecule has 0 aromatic heterocycles. The summed E-state index contributed by atoms with van der Waals surface area (Å²) in [7, 11) is 1.46. The number of likely N-dealkylation sites (N-methyl/N-ethyl adjacent to an activating group) is 1. The Bertz CT molecular complexity index is 248. The molecule has 1 saturated heterocycles. The molecule has 17 heavy (non-hydrogen) atoms. The number of rotatable bonds is 5. The second-order valence-electron chi connectivity index (χ2n) is 5.44. The van der Waals surface area contributed by atoms with E-state index in [0.717, 1.165) is 26.2 Å². The monoisotopic (exact) mass is 242 g/mol. The summed E-state index contributed by atoms with van der Waals surface area (Å²) in [5, 5.41) is 3.42. The molecule has 100 valence electrons. The number of nitrogens with zero attached hydrogens (tertiary/aromatic N) is 1. The van der Waals surface area contributed by atoms with Gasteiger partial charge in [0.25, 0.3) is 0 Å². The summed E-state index contributed by atoms with van der Waals surface area (Å²) >= 11 is 0. The van der Waals surface area contributed by atoms with Gasteiger partial charge in [-0.2, -0.15) is 0 Å². The van der Waals surface area contributed by atoms with Gasteiger partial charge in [-0.1, -0.05) is 6.92 Å². The van der Waals surface area contributed by atoms with E-state index < -0.39 is 5.41 Å². The highest BCUT2D eigenvalue weighted by atomic mass is 16.5. The smallest absolute Gasteiger partial charge is 0.312 e.